The molecule has 4 nitrogen and oxygen atoms in total. The van der Waals surface area contributed by atoms with Crippen molar-refractivity contribution in [3.8, 4) is 0 Å². The Morgan fingerprint density at radius 3 is 2.76 bits per heavy atom. The minimum absolute atomic E-state index is 0.123. The van der Waals surface area contributed by atoms with Gasteiger partial charge in [-0.05, 0) is 18.8 Å². The lowest BCUT2D eigenvalue weighted by molar-refractivity contribution is 0.109. The molecule has 0 saturated carbocycles. The fraction of sp³-hybridized carbons (Fsp3) is 0.923. The number of aliphatic imine (C=N–C) groups is 1. The topological polar surface area (TPSA) is 50.8 Å². The van der Waals surface area contributed by atoms with Gasteiger partial charge in [-0.15, -0.1) is 0 Å². The van der Waals surface area contributed by atoms with Crippen LogP contribution >= 0.6 is 0 Å². The molecule has 0 amide bonds. The molecule has 0 fully saturated rings. The van der Waals surface area contributed by atoms with Crippen molar-refractivity contribution in [2.45, 2.75) is 45.6 Å². The van der Waals surface area contributed by atoms with Crippen molar-refractivity contribution in [2.24, 2.45) is 16.6 Å². The van der Waals surface area contributed by atoms with Crippen LogP contribution in [0.3, 0.4) is 0 Å². The summed E-state index contributed by atoms with van der Waals surface area (Å²) in [5.41, 5.74) is 6.13. The quantitative estimate of drug-likeness (QED) is 0.740. The summed E-state index contributed by atoms with van der Waals surface area (Å²) in [6, 6.07) is 0. The molecule has 0 aliphatic carbocycles. The Kier molecular flexibility index (Phi) is 5.25. The third-order valence-electron chi connectivity index (χ3n) is 3.99. The van der Waals surface area contributed by atoms with Gasteiger partial charge in [0.1, 0.15) is 0 Å². The molecule has 1 aliphatic heterocycles. The fourth-order valence-electron chi connectivity index (χ4n) is 2.59. The van der Waals surface area contributed by atoms with Crippen molar-refractivity contribution in [1.82, 2.24) is 4.90 Å². The molecule has 1 heterocycles. The second-order valence-corrected chi connectivity index (χ2v) is 5.11. The number of rotatable bonds is 7. The predicted octanol–water partition coefficient (Wildman–Crippen LogP) is 1.85. The molecule has 0 spiro atoms. The highest BCUT2D eigenvalue weighted by molar-refractivity contribution is 5.81. The van der Waals surface area contributed by atoms with Crippen LogP contribution in [-0.2, 0) is 4.74 Å². The van der Waals surface area contributed by atoms with Crippen molar-refractivity contribution in [3.63, 3.8) is 0 Å². The number of nitrogens with two attached hydrogens (primary N) is 1. The summed E-state index contributed by atoms with van der Waals surface area (Å²) in [6.07, 6.45) is 3.46. The normalized spacial score (nSPS) is 26.1. The Balaban J connectivity index is 2.75. The van der Waals surface area contributed by atoms with Crippen molar-refractivity contribution >= 4 is 5.96 Å². The Morgan fingerprint density at radius 1 is 1.53 bits per heavy atom. The Labute approximate surface area is 105 Å². The predicted molar refractivity (Wildman–Crippen MR) is 72.2 cm³/mol. The minimum Gasteiger partial charge on any atom is -0.383 e. The third kappa shape index (κ3) is 3.12. The molecule has 0 radical (unpaired) electrons. The van der Waals surface area contributed by atoms with Crippen molar-refractivity contribution in [2.75, 3.05) is 26.8 Å². The molecule has 4 heteroatoms. The summed E-state index contributed by atoms with van der Waals surface area (Å²) in [5, 5.41) is 0. The van der Waals surface area contributed by atoms with E-state index in [2.05, 4.69) is 30.7 Å². The molecule has 17 heavy (non-hydrogen) atoms. The summed E-state index contributed by atoms with van der Waals surface area (Å²) in [7, 11) is 1.73. The molecule has 0 aromatic heterocycles. The van der Waals surface area contributed by atoms with Crippen LogP contribution < -0.4 is 5.73 Å². The zero-order chi connectivity index (χ0) is 12.9. The SMILES string of the molecule is CCC(C)CC1(CC)CN=C(N)N1CCOC. The van der Waals surface area contributed by atoms with Gasteiger partial charge in [0.25, 0.3) is 0 Å². The average Bonchev–Trinajstić information content (AvgIpc) is 2.64. The van der Waals surface area contributed by atoms with E-state index in [9.17, 15) is 0 Å². The highest BCUT2D eigenvalue weighted by Gasteiger charge is 2.40. The number of nitrogens with zero attached hydrogens (tertiary/aromatic N) is 2. The largest absolute Gasteiger partial charge is 0.383 e. The van der Waals surface area contributed by atoms with E-state index in [0.29, 0.717) is 18.5 Å². The van der Waals surface area contributed by atoms with E-state index in [4.69, 9.17) is 10.5 Å². The van der Waals surface area contributed by atoms with Gasteiger partial charge in [0.15, 0.2) is 5.96 Å². The third-order valence-corrected chi connectivity index (χ3v) is 3.99. The first-order chi connectivity index (χ1) is 8.09. The van der Waals surface area contributed by atoms with Crippen LogP contribution in [0.4, 0.5) is 0 Å². The van der Waals surface area contributed by atoms with Gasteiger partial charge in [-0.2, -0.15) is 0 Å². The van der Waals surface area contributed by atoms with E-state index in [1.54, 1.807) is 7.11 Å². The number of hydrogen-bond acceptors (Lipinski definition) is 4. The molecular formula is C13H27N3O. The van der Waals surface area contributed by atoms with E-state index in [1.807, 2.05) is 0 Å². The molecule has 2 N–H and O–H groups in total. The van der Waals surface area contributed by atoms with Gasteiger partial charge in [-0.3, -0.25) is 4.99 Å². The first-order valence-corrected chi connectivity index (χ1v) is 6.66. The van der Waals surface area contributed by atoms with E-state index in [0.717, 1.165) is 25.9 Å². The van der Waals surface area contributed by atoms with E-state index >= 15 is 0 Å². The number of methoxy groups -OCH3 is 1. The lowest BCUT2D eigenvalue weighted by Crippen LogP contribution is -2.53. The smallest absolute Gasteiger partial charge is 0.191 e. The minimum atomic E-state index is 0.123. The zero-order valence-electron chi connectivity index (χ0n) is 11.7. The second-order valence-electron chi connectivity index (χ2n) is 5.11. The maximum atomic E-state index is 6.01. The number of ether oxygens (including phenoxy) is 1. The van der Waals surface area contributed by atoms with Crippen LogP contribution in [0, 0.1) is 5.92 Å². The lowest BCUT2D eigenvalue weighted by atomic mass is 9.84. The second kappa shape index (κ2) is 6.24. The van der Waals surface area contributed by atoms with Crippen LogP contribution in [-0.4, -0.2) is 43.2 Å². The van der Waals surface area contributed by atoms with Gasteiger partial charge in [-0.1, -0.05) is 27.2 Å². The summed E-state index contributed by atoms with van der Waals surface area (Å²) in [6.45, 7) is 9.17. The van der Waals surface area contributed by atoms with Crippen molar-refractivity contribution in [3.05, 3.63) is 0 Å². The van der Waals surface area contributed by atoms with E-state index in [1.165, 1.54) is 6.42 Å². The van der Waals surface area contributed by atoms with Gasteiger partial charge >= 0.3 is 0 Å². The monoisotopic (exact) mass is 241 g/mol. The summed E-state index contributed by atoms with van der Waals surface area (Å²) in [4.78, 5) is 6.70. The maximum Gasteiger partial charge on any atom is 0.191 e. The average molecular weight is 241 g/mol. The Bertz CT molecular complexity index is 267. The first kappa shape index (κ1) is 14.3. The molecule has 0 saturated heterocycles. The van der Waals surface area contributed by atoms with Gasteiger partial charge in [-0.25, -0.2) is 0 Å². The van der Waals surface area contributed by atoms with Crippen LogP contribution in [0.5, 0.6) is 0 Å². The van der Waals surface area contributed by atoms with Gasteiger partial charge in [0.2, 0.25) is 0 Å². The standard InChI is InChI=1S/C13H27N3O/c1-5-11(3)9-13(6-2)10-15-12(14)16(13)7-8-17-4/h11H,5-10H2,1-4H3,(H2,14,15). The molecule has 2 unspecified atom stereocenters. The van der Waals surface area contributed by atoms with Crippen LogP contribution in [0.25, 0.3) is 0 Å². The molecule has 2 atom stereocenters. The summed E-state index contributed by atoms with van der Waals surface area (Å²) < 4.78 is 5.17. The maximum absolute atomic E-state index is 6.01. The van der Waals surface area contributed by atoms with Crippen LogP contribution in [0.15, 0.2) is 4.99 Å². The molecule has 1 aliphatic rings. The number of hydrogen-bond donors (Lipinski definition) is 1. The Hall–Kier alpha value is -0.770. The molecule has 1 rings (SSSR count). The fourth-order valence-corrected chi connectivity index (χ4v) is 2.59. The molecular weight excluding hydrogens is 214 g/mol. The van der Waals surface area contributed by atoms with Gasteiger partial charge < -0.3 is 15.4 Å². The van der Waals surface area contributed by atoms with Gasteiger partial charge in [0, 0.05) is 13.7 Å². The van der Waals surface area contributed by atoms with Crippen molar-refractivity contribution < 1.29 is 4.74 Å². The van der Waals surface area contributed by atoms with Crippen molar-refractivity contribution in [1.29, 1.82) is 0 Å². The number of guanidine groups is 1. The molecule has 0 aromatic rings. The van der Waals surface area contributed by atoms with Crippen LogP contribution in [0.2, 0.25) is 0 Å². The Morgan fingerprint density at radius 2 is 2.24 bits per heavy atom. The van der Waals surface area contributed by atoms with Crippen LogP contribution in [0.1, 0.15) is 40.0 Å². The lowest BCUT2D eigenvalue weighted by Gasteiger charge is -2.40. The summed E-state index contributed by atoms with van der Waals surface area (Å²) in [5.74, 6) is 1.40. The summed E-state index contributed by atoms with van der Waals surface area (Å²) >= 11 is 0. The van der Waals surface area contributed by atoms with E-state index in [-0.39, 0.29) is 5.54 Å². The molecule has 0 aromatic carbocycles. The molecule has 0 bridgehead atoms. The van der Waals surface area contributed by atoms with Gasteiger partial charge in [0.05, 0.1) is 18.7 Å². The highest BCUT2D eigenvalue weighted by Crippen LogP contribution is 2.32. The molecule has 100 valence electrons. The first-order valence-electron chi connectivity index (χ1n) is 6.66. The zero-order valence-corrected chi connectivity index (χ0v) is 11.7. The van der Waals surface area contributed by atoms with E-state index < -0.39 is 0 Å². The highest BCUT2D eigenvalue weighted by atomic mass is 16.5.